The van der Waals surface area contributed by atoms with Crippen LogP contribution in [0.5, 0.6) is 5.75 Å². The van der Waals surface area contributed by atoms with Crippen LogP contribution in [0.4, 0.5) is 11.4 Å². The Kier molecular flexibility index (Phi) is 6.54. The van der Waals surface area contributed by atoms with Crippen LogP contribution in [0.15, 0.2) is 65.6 Å². The third kappa shape index (κ3) is 5.07. The number of methoxy groups -OCH3 is 1. The van der Waals surface area contributed by atoms with Gasteiger partial charge in [0.2, 0.25) is 5.91 Å². The number of nitrogens with zero attached hydrogens (tertiary/aromatic N) is 1. The van der Waals surface area contributed by atoms with Gasteiger partial charge in [0.15, 0.2) is 0 Å². The molecule has 3 aromatic rings. The van der Waals surface area contributed by atoms with Crippen molar-refractivity contribution >= 4 is 34.8 Å². The van der Waals surface area contributed by atoms with Gasteiger partial charge < -0.3 is 19.9 Å². The highest BCUT2D eigenvalue weighted by Crippen LogP contribution is 2.28. The normalized spacial score (nSPS) is 10.4. The van der Waals surface area contributed by atoms with E-state index in [1.54, 1.807) is 24.3 Å². The molecule has 0 aliphatic rings. The van der Waals surface area contributed by atoms with Crippen molar-refractivity contribution in [3.05, 3.63) is 87.3 Å². The van der Waals surface area contributed by atoms with Gasteiger partial charge in [-0.25, -0.2) is 0 Å². The monoisotopic (exact) mass is 425 g/mol. The lowest BCUT2D eigenvalue weighted by molar-refractivity contribution is -0.114. The van der Waals surface area contributed by atoms with Gasteiger partial charge in [-0.1, -0.05) is 29.8 Å². The first kappa shape index (κ1) is 21.1. The van der Waals surface area contributed by atoms with Crippen molar-refractivity contribution in [3.8, 4) is 5.75 Å². The van der Waals surface area contributed by atoms with E-state index < -0.39 is 5.91 Å². The van der Waals surface area contributed by atoms with Crippen LogP contribution in [0.2, 0.25) is 5.02 Å². The first-order valence-corrected chi connectivity index (χ1v) is 9.46. The number of benzene rings is 2. The zero-order chi connectivity index (χ0) is 21.7. The average Bonchev–Trinajstić information content (AvgIpc) is 2.72. The van der Waals surface area contributed by atoms with E-state index >= 15 is 0 Å². The predicted molar refractivity (Wildman–Crippen MR) is 117 cm³/mol. The summed E-state index contributed by atoms with van der Waals surface area (Å²) in [5.74, 6) is -0.213. The molecule has 2 aromatic carbocycles. The first-order chi connectivity index (χ1) is 14.4. The van der Waals surface area contributed by atoms with Gasteiger partial charge in [0.25, 0.3) is 11.5 Å². The minimum absolute atomic E-state index is 0.231. The van der Waals surface area contributed by atoms with Crippen LogP contribution >= 0.6 is 11.6 Å². The largest absolute Gasteiger partial charge is 0.494 e. The van der Waals surface area contributed by atoms with E-state index in [2.05, 4.69) is 10.6 Å². The molecule has 0 saturated carbocycles. The molecular weight excluding hydrogens is 406 g/mol. The third-order valence-corrected chi connectivity index (χ3v) is 4.68. The zero-order valence-electron chi connectivity index (χ0n) is 16.4. The number of hydrogen-bond donors (Lipinski definition) is 2. The minimum atomic E-state index is -0.391. The van der Waals surface area contributed by atoms with Crippen molar-refractivity contribution in [2.75, 3.05) is 17.7 Å². The summed E-state index contributed by atoms with van der Waals surface area (Å²) >= 11 is 6.18. The standard InChI is InChI=1S/C22H20ClN3O4/c1-14(27)24-19-9-8-17(11-20(19)30-2)25-22(29)16-7-10-21(28)26(13-16)12-15-5-3-4-6-18(15)23/h3-11,13H,12H2,1-2H3,(H,24,27)(H,25,29). The van der Waals surface area contributed by atoms with E-state index in [0.29, 0.717) is 27.7 Å². The molecular formula is C22H20ClN3O4. The number of halogens is 1. The van der Waals surface area contributed by atoms with E-state index in [4.69, 9.17) is 16.3 Å². The molecule has 7 nitrogen and oxygen atoms in total. The van der Waals surface area contributed by atoms with E-state index in [1.807, 2.05) is 18.2 Å². The predicted octanol–water partition coefficient (Wildman–Crippen LogP) is 3.77. The van der Waals surface area contributed by atoms with Crippen LogP contribution < -0.4 is 20.9 Å². The van der Waals surface area contributed by atoms with Crippen molar-refractivity contribution in [2.45, 2.75) is 13.5 Å². The summed E-state index contributed by atoms with van der Waals surface area (Å²) in [6.45, 7) is 1.64. The molecule has 2 amide bonds. The molecule has 1 aromatic heterocycles. The van der Waals surface area contributed by atoms with Crippen molar-refractivity contribution < 1.29 is 14.3 Å². The Morgan fingerprint density at radius 2 is 1.83 bits per heavy atom. The molecule has 30 heavy (non-hydrogen) atoms. The van der Waals surface area contributed by atoms with E-state index in [-0.39, 0.29) is 18.0 Å². The number of nitrogens with one attached hydrogen (secondary N) is 2. The molecule has 1 heterocycles. The number of pyridine rings is 1. The molecule has 154 valence electrons. The molecule has 2 N–H and O–H groups in total. The van der Waals surface area contributed by atoms with Crippen molar-refractivity contribution in [1.82, 2.24) is 4.57 Å². The molecule has 8 heteroatoms. The van der Waals surface area contributed by atoms with Gasteiger partial charge in [0, 0.05) is 36.0 Å². The van der Waals surface area contributed by atoms with Crippen molar-refractivity contribution in [3.63, 3.8) is 0 Å². The number of ether oxygens (including phenoxy) is 1. The average molecular weight is 426 g/mol. The van der Waals surface area contributed by atoms with Crippen LogP contribution in [-0.2, 0) is 11.3 Å². The molecule has 0 radical (unpaired) electrons. The Bertz CT molecular complexity index is 1160. The maximum absolute atomic E-state index is 12.7. The summed E-state index contributed by atoms with van der Waals surface area (Å²) in [5.41, 5.74) is 1.82. The minimum Gasteiger partial charge on any atom is -0.494 e. The summed E-state index contributed by atoms with van der Waals surface area (Å²) in [7, 11) is 1.47. The van der Waals surface area contributed by atoms with Gasteiger partial charge in [-0.3, -0.25) is 14.4 Å². The fraction of sp³-hybridized carbons (Fsp3) is 0.136. The van der Waals surface area contributed by atoms with Gasteiger partial charge in [-0.05, 0) is 29.8 Å². The van der Waals surface area contributed by atoms with E-state index in [1.165, 1.54) is 36.9 Å². The number of rotatable bonds is 6. The first-order valence-electron chi connectivity index (χ1n) is 9.08. The summed E-state index contributed by atoms with van der Waals surface area (Å²) in [4.78, 5) is 36.2. The number of carbonyl (C=O) groups excluding carboxylic acids is 2. The molecule has 3 rings (SSSR count). The fourth-order valence-electron chi connectivity index (χ4n) is 2.86. The van der Waals surface area contributed by atoms with E-state index in [9.17, 15) is 14.4 Å². The molecule has 0 saturated heterocycles. The number of aromatic nitrogens is 1. The van der Waals surface area contributed by atoms with Crippen LogP contribution in [0.3, 0.4) is 0 Å². The lowest BCUT2D eigenvalue weighted by Crippen LogP contribution is -2.22. The van der Waals surface area contributed by atoms with Gasteiger partial charge in [-0.15, -0.1) is 0 Å². The smallest absolute Gasteiger partial charge is 0.257 e. The Balaban J connectivity index is 1.81. The molecule has 0 aliphatic carbocycles. The number of anilines is 2. The Hall–Kier alpha value is -3.58. The SMILES string of the molecule is COc1cc(NC(=O)c2ccc(=O)n(Cc3ccccc3Cl)c2)ccc1NC(C)=O. The molecule has 0 unspecified atom stereocenters. The second-order valence-electron chi connectivity index (χ2n) is 6.53. The van der Waals surface area contributed by atoms with Gasteiger partial charge >= 0.3 is 0 Å². The third-order valence-electron chi connectivity index (χ3n) is 4.31. The Morgan fingerprint density at radius 1 is 1.07 bits per heavy atom. The summed E-state index contributed by atoms with van der Waals surface area (Å²) < 4.78 is 6.69. The summed E-state index contributed by atoms with van der Waals surface area (Å²) in [5, 5.41) is 5.96. The number of carbonyl (C=O) groups is 2. The van der Waals surface area contributed by atoms with Gasteiger partial charge in [0.1, 0.15) is 5.75 Å². The maximum atomic E-state index is 12.7. The Labute approximate surface area is 178 Å². The maximum Gasteiger partial charge on any atom is 0.257 e. The Morgan fingerprint density at radius 3 is 2.53 bits per heavy atom. The zero-order valence-corrected chi connectivity index (χ0v) is 17.2. The fourth-order valence-corrected chi connectivity index (χ4v) is 3.06. The van der Waals surface area contributed by atoms with E-state index in [0.717, 1.165) is 5.56 Å². The summed E-state index contributed by atoms with van der Waals surface area (Å²) in [6.07, 6.45) is 1.49. The molecule has 0 fully saturated rings. The molecule has 0 atom stereocenters. The second-order valence-corrected chi connectivity index (χ2v) is 6.93. The molecule has 0 aliphatic heterocycles. The van der Waals surface area contributed by atoms with Crippen molar-refractivity contribution in [2.24, 2.45) is 0 Å². The second kappa shape index (κ2) is 9.28. The number of amides is 2. The van der Waals surface area contributed by atoms with Crippen LogP contribution in [-0.4, -0.2) is 23.5 Å². The van der Waals surface area contributed by atoms with Crippen LogP contribution in [0, 0.1) is 0 Å². The lowest BCUT2D eigenvalue weighted by Gasteiger charge is -2.13. The highest BCUT2D eigenvalue weighted by Gasteiger charge is 2.12. The number of hydrogen-bond acceptors (Lipinski definition) is 4. The highest BCUT2D eigenvalue weighted by atomic mass is 35.5. The quantitative estimate of drug-likeness (QED) is 0.629. The molecule has 0 spiro atoms. The van der Waals surface area contributed by atoms with Gasteiger partial charge in [-0.2, -0.15) is 0 Å². The summed E-state index contributed by atoms with van der Waals surface area (Å²) in [6, 6.07) is 14.9. The lowest BCUT2D eigenvalue weighted by atomic mass is 10.2. The van der Waals surface area contributed by atoms with Crippen LogP contribution in [0.25, 0.3) is 0 Å². The van der Waals surface area contributed by atoms with Crippen LogP contribution in [0.1, 0.15) is 22.8 Å². The topological polar surface area (TPSA) is 89.4 Å². The molecule has 0 bridgehead atoms. The highest BCUT2D eigenvalue weighted by molar-refractivity contribution is 6.31. The van der Waals surface area contributed by atoms with Gasteiger partial charge in [0.05, 0.1) is 24.9 Å². The van der Waals surface area contributed by atoms with Crippen molar-refractivity contribution in [1.29, 1.82) is 0 Å².